The molecule has 1 rings (SSSR count). The summed E-state index contributed by atoms with van der Waals surface area (Å²) in [5, 5.41) is 3.39. The van der Waals surface area contributed by atoms with Gasteiger partial charge in [-0.1, -0.05) is 13.8 Å². The zero-order chi connectivity index (χ0) is 12.0. The van der Waals surface area contributed by atoms with Gasteiger partial charge >= 0.3 is 0 Å². The molecule has 1 N–H and O–H groups in total. The lowest BCUT2D eigenvalue weighted by molar-refractivity contribution is 0.126. The molecule has 3 unspecified atom stereocenters. The van der Waals surface area contributed by atoms with Crippen molar-refractivity contribution < 1.29 is 0 Å². The first-order valence-corrected chi connectivity index (χ1v) is 7.08. The summed E-state index contributed by atoms with van der Waals surface area (Å²) in [5.41, 5.74) is 0. The van der Waals surface area contributed by atoms with Crippen molar-refractivity contribution in [3.63, 3.8) is 0 Å². The molecule has 0 aromatic heterocycles. The van der Waals surface area contributed by atoms with Crippen molar-refractivity contribution in [2.24, 2.45) is 5.92 Å². The van der Waals surface area contributed by atoms with E-state index in [1.54, 1.807) is 0 Å². The Morgan fingerprint density at radius 1 is 1.38 bits per heavy atom. The second kappa shape index (κ2) is 7.29. The first kappa shape index (κ1) is 14.0. The van der Waals surface area contributed by atoms with E-state index < -0.39 is 0 Å². The maximum absolute atomic E-state index is 3.39. The van der Waals surface area contributed by atoms with E-state index in [2.05, 4.69) is 38.0 Å². The Bertz CT molecular complexity index is 178. The summed E-state index contributed by atoms with van der Waals surface area (Å²) in [6.07, 6.45) is 6.71. The number of nitrogens with one attached hydrogen (secondary N) is 1. The first-order chi connectivity index (χ1) is 7.67. The topological polar surface area (TPSA) is 15.3 Å². The minimum absolute atomic E-state index is 0.721. The van der Waals surface area contributed by atoms with Crippen molar-refractivity contribution in [1.82, 2.24) is 10.2 Å². The van der Waals surface area contributed by atoms with Crippen LogP contribution in [0.1, 0.15) is 52.9 Å². The molecule has 96 valence electrons. The van der Waals surface area contributed by atoms with Gasteiger partial charge in [-0.3, -0.25) is 0 Å². The lowest BCUT2D eigenvalue weighted by Crippen LogP contribution is -2.41. The standard InChI is InChI=1S/C14H30N2/c1-5-14(15-4)7-6-9-16-10-8-12(2)11-13(16)3/h12-15H,5-11H2,1-4H3. The van der Waals surface area contributed by atoms with Crippen LogP contribution in [0.25, 0.3) is 0 Å². The molecule has 1 fully saturated rings. The van der Waals surface area contributed by atoms with Crippen LogP contribution >= 0.6 is 0 Å². The van der Waals surface area contributed by atoms with E-state index in [0.29, 0.717) is 0 Å². The number of hydrogen-bond donors (Lipinski definition) is 1. The molecule has 1 saturated heterocycles. The van der Waals surface area contributed by atoms with Gasteiger partial charge in [-0.25, -0.2) is 0 Å². The van der Waals surface area contributed by atoms with Crippen LogP contribution < -0.4 is 5.32 Å². The van der Waals surface area contributed by atoms with Gasteiger partial charge in [0.25, 0.3) is 0 Å². The highest BCUT2D eigenvalue weighted by Crippen LogP contribution is 2.22. The van der Waals surface area contributed by atoms with Gasteiger partial charge in [0.05, 0.1) is 0 Å². The van der Waals surface area contributed by atoms with Crippen molar-refractivity contribution in [3.05, 3.63) is 0 Å². The minimum Gasteiger partial charge on any atom is -0.317 e. The largest absolute Gasteiger partial charge is 0.317 e. The molecule has 0 aromatic rings. The molecule has 1 heterocycles. The van der Waals surface area contributed by atoms with Crippen LogP contribution in [-0.2, 0) is 0 Å². The lowest BCUT2D eigenvalue weighted by atomic mass is 9.93. The maximum atomic E-state index is 3.39. The molecule has 0 spiro atoms. The molecular weight excluding hydrogens is 196 g/mol. The van der Waals surface area contributed by atoms with Crippen molar-refractivity contribution in [1.29, 1.82) is 0 Å². The fourth-order valence-corrected chi connectivity index (χ4v) is 2.88. The maximum Gasteiger partial charge on any atom is 0.00694 e. The lowest BCUT2D eigenvalue weighted by Gasteiger charge is -2.36. The summed E-state index contributed by atoms with van der Waals surface area (Å²) in [7, 11) is 2.08. The van der Waals surface area contributed by atoms with Crippen molar-refractivity contribution in [3.8, 4) is 0 Å². The van der Waals surface area contributed by atoms with Gasteiger partial charge < -0.3 is 10.2 Å². The Labute approximate surface area is 102 Å². The first-order valence-electron chi connectivity index (χ1n) is 7.08. The third-order valence-corrected chi connectivity index (χ3v) is 4.17. The van der Waals surface area contributed by atoms with Crippen molar-refractivity contribution >= 4 is 0 Å². The predicted molar refractivity (Wildman–Crippen MR) is 71.8 cm³/mol. The molecule has 0 bridgehead atoms. The summed E-state index contributed by atoms with van der Waals surface area (Å²) in [6, 6.07) is 1.53. The number of piperidine rings is 1. The summed E-state index contributed by atoms with van der Waals surface area (Å²) in [4.78, 5) is 2.68. The smallest absolute Gasteiger partial charge is 0.00694 e. The normalized spacial score (nSPS) is 29.2. The highest BCUT2D eigenvalue weighted by atomic mass is 15.2. The third kappa shape index (κ3) is 4.42. The van der Waals surface area contributed by atoms with E-state index >= 15 is 0 Å². The minimum atomic E-state index is 0.721. The SMILES string of the molecule is CCC(CCCN1CCC(C)CC1C)NC. The zero-order valence-corrected chi connectivity index (χ0v) is 11.6. The average Bonchev–Trinajstić information content (AvgIpc) is 2.27. The molecule has 3 atom stereocenters. The molecule has 0 aromatic carbocycles. The second-order valence-electron chi connectivity index (χ2n) is 5.55. The third-order valence-electron chi connectivity index (χ3n) is 4.17. The summed E-state index contributed by atoms with van der Waals surface area (Å²) in [5.74, 6) is 0.937. The number of likely N-dealkylation sites (tertiary alicyclic amines) is 1. The molecule has 0 saturated carbocycles. The predicted octanol–water partition coefficient (Wildman–Crippen LogP) is 2.89. The summed E-state index contributed by atoms with van der Waals surface area (Å²) in [6.45, 7) is 9.67. The Kier molecular flexibility index (Phi) is 6.37. The zero-order valence-electron chi connectivity index (χ0n) is 11.6. The molecule has 0 aliphatic carbocycles. The summed E-state index contributed by atoms with van der Waals surface area (Å²) >= 11 is 0. The Morgan fingerprint density at radius 2 is 2.12 bits per heavy atom. The van der Waals surface area contributed by atoms with E-state index in [4.69, 9.17) is 0 Å². The van der Waals surface area contributed by atoms with Gasteiger partial charge in [0.15, 0.2) is 0 Å². The molecule has 2 nitrogen and oxygen atoms in total. The van der Waals surface area contributed by atoms with Gasteiger partial charge in [-0.2, -0.15) is 0 Å². The van der Waals surface area contributed by atoms with Crippen LogP contribution in [0.15, 0.2) is 0 Å². The fourth-order valence-electron chi connectivity index (χ4n) is 2.88. The average molecular weight is 226 g/mol. The highest BCUT2D eigenvalue weighted by molar-refractivity contribution is 4.77. The molecule has 16 heavy (non-hydrogen) atoms. The van der Waals surface area contributed by atoms with Crippen molar-refractivity contribution in [2.45, 2.75) is 65.0 Å². The van der Waals surface area contributed by atoms with Crippen LogP contribution in [0.3, 0.4) is 0 Å². The van der Waals surface area contributed by atoms with E-state index in [1.807, 2.05) is 0 Å². The molecule has 2 heteroatoms. The Morgan fingerprint density at radius 3 is 2.69 bits per heavy atom. The number of rotatable bonds is 6. The van der Waals surface area contributed by atoms with Crippen LogP contribution in [0.2, 0.25) is 0 Å². The number of hydrogen-bond acceptors (Lipinski definition) is 2. The number of nitrogens with zero attached hydrogens (tertiary/aromatic N) is 1. The van der Waals surface area contributed by atoms with Gasteiger partial charge in [0.1, 0.15) is 0 Å². The van der Waals surface area contributed by atoms with E-state index in [9.17, 15) is 0 Å². The Balaban J connectivity index is 2.17. The quantitative estimate of drug-likeness (QED) is 0.749. The van der Waals surface area contributed by atoms with E-state index in [1.165, 1.54) is 45.2 Å². The monoisotopic (exact) mass is 226 g/mol. The molecule has 0 radical (unpaired) electrons. The second-order valence-corrected chi connectivity index (χ2v) is 5.55. The summed E-state index contributed by atoms with van der Waals surface area (Å²) < 4.78 is 0. The van der Waals surface area contributed by atoms with Crippen LogP contribution in [-0.4, -0.2) is 37.1 Å². The van der Waals surface area contributed by atoms with Crippen molar-refractivity contribution in [2.75, 3.05) is 20.1 Å². The molecule has 1 aliphatic rings. The van der Waals surface area contributed by atoms with Gasteiger partial charge in [-0.05, 0) is 65.1 Å². The molecule has 0 amide bonds. The van der Waals surface area contributed by atoms with Crippen LogP contribution in [0, 0.1) is 5.92 Å². The highest BCUT2D eigenvalue weighted by Gasteiger charge is 2.22. The van der Waals surface area contributed by atoms with Gasteiger partial charge in [0.2, 0.25) is 0 Å². The van der Waals surface area contributed by atoms with E-state index in [0.717, 1.165) is 18.0 Å². The Hall–Kier alpha value is -0.0800. The van der Waals surface area contributed by atoms with Gasteiger partial charge in [0, 0.05) is 12.1 Å². The molecule has 1 aliphatic heterocycles. The van der Waals surface area contributed by atoms with Crippen LogP contribution in [0.5, 0.6) is 0 Å². The molecular formula is C14H30N2. The van der Waals surface area contributed by atoms with E-state index in [-0.39, 0.29) is 0 Å². The van der Waals surface area contributed by atoms with Gasteiger partial charge in [-0.15, -0.1) is 0 Å². The fraction of sp³-hybridized carbons (Fsp3) is 1.00. The van der Waals surface area contributed by atoms with Crippen LogP contribution in [0.4, 0.5) is 0 Å².